The summed E-state index contributed by atoms with van der Waals surface area (Å²) in [5, 5.41) is 23.3. The molecule has 0 saturated carbocycles. The zero-order valence-electron chi connectivity index (χ0n) is 15.7. The summed E-state index contributed by atoms with van der Waals surface area (Å²) in [7, 11) is 0. The molecule has 1 aromatic carbocycles. The van der Waals surface area contributed by atoms with Crippen LogP contribution in [-0.2, 0) is 13.0 Å². The van der Waals surface area contributed by atoms with Crippen molar-refractivity contribution in [2.24, 2.45) is 0 Å². The van der Waals surface area contributed by atoms with Crippen LogP contribution in [0.2, 0.25) is 0 Å². The molecule has 1 amide bonds. The largest absolute Gasteiger partial charge is 0.465 e. The number of hydrogen-bond acceptors (Lipinski definition) is 5. The zero-order chi connectivity index (χ0) is 19.8. The van der Waals surface area contributed by atoms with Crippen LogP contribution in [0, 0.1) is 0 Å². The van der Waals surface area contributed by atoms with Gasteiger partial charge < -0.3 is 20.8 Å². The molecule has 0 bridgehead atoms. The first kappa shape index (κ1) is 18.2. The number of aliphatic hydroxyl groups is 1. The lowest BCUT2D eigenvalue weighted by Gasteiger charge is -2.12. The third-order valence-corrected chi connectivity index (χ3v) is 5.44. The maximum absolute atomic E-state index is 11.3. The highest BCUT2D eigenvalue weighted by Gasteiger charge is 2.30. The maximum Gasteiger partial charge on any atom is 0.407 e. The van der Waals surface area contributed by atoms with E-state index >= 15 is 0 Å². The Balaban J connectivity index is 1.88. The number of rotatable bonds is 4. The summed E-state index contributed by atoms with van der Waals surface area (Å²) in [4.78, 5) is 16.9. The lowest BCUT2D eigenvalue weighted by Crippen LogP contribution is -2.26. The van der Waals surface area contributed by atoms with Crippen LogP contribution in [-0.4, -0.2) is 48.9 Å². The van der Waals surface area contributed by atoms with Crippen molar-refractivity contribution in [3.63, 3.8) is 0 Å². The van der Waals surface area contributed by atoms with E-state index in [1.54, 1.807) is 4.52 Å². The molecule has 1 saturated heterocycles. The Bertz CT molecular complexity index is 1020. The number of benzene rings is 1. The van der Waals surface area contributed by atoms with E-state index in [9.17, 15) is 15.0 Å². The highest BCUT2D eigenvalue weighted by Crippen LogP contribution is 2.36. The van der Waals surface area contributed by atoms with Crippen LogP contribution in [0.15, 0.2) is 30.6 Å². The van der Waals surface area contributed by atoms with E-state index in [4.69, 9.17) is 5.73 Å². The molecule has 1 fully saturated rings. The van der Waals surface area contributed by atoms with Crippen molar-refractivity contribution in [2.75, 3.05) is 18.8 Å². The van der Waals surface area contributed by atoms with E-state index in [0.717, 1.165) is 40.8 Å². The summed E-state index contributed by atoms with van der Waals surface area (Å²) in [6, 6.07) is 8.06. The Kier molecular flexibility index (Phi) is 4.64. The monoisotopic (exact) mass is 381 g/mol. The van der Waals surface area contributed by atoms with Gasteiger partial charge in [0.15, 0.2) is 5.82 Å². The summed E-state index contributed by atoms with van der Waals surface area (Å²) in [6.45, 7) is 2.96. The van der Waals surface area contributed by atoms with Gasteiger partial charge in [-0.25, -0.2) is 14.3 Å². The van der Waals surface area contributed by atoms with Crippen LogP contribution >= 0.6 is 0 Å². The van der Waals surface area contributed by atoms with Crippen LogP contribution in [0.1, 0.15) is 36.1 Å². The van der Waals surface area contributed by atoms with Crippen molar-refractivity contribution in [3.05, 3.63) is 47.4 Å². The molecule has 2 aromatic heterocycles. The number of carbonyl (C=O) groups is 1. The van der Waals surface area contributed by atoms with Crippen molar-refractivity contribution in [1.29, 1.82) is 0 Å². The third kappa shape index (κ3) is 3.05. The Morgan fingerprint density at radius 1 is 1.29 bits per heavy atom. The second-order valence-corrected chi connectivity index (χ2v) is 7.15. The van der Waals surface area contributed by atoms with Gasteiger partial charge in [0.25, 0.3) is 0 Å². The van der Waals surface area contributed by atoms with E-state index in [1.807, 2.05) is 18.2 Å². The molecular formula is C20H23N5O3. The molecule has 0 aliphatic carbocycles. The van der Waals surface area contributed by atoms with Gasteiger partial charge in [-0.05, 0) is 41.7 Å². The average molecular weight is 381 g/mol. The standard InChI is InChI=1S/C20H23N5O3/c1-2-12-5-13(10-26)7-15(6-12)16-8-17(14-3-4-24(9-14)20(27)28)25-18(16)19(21)22-11-23-25/h5-8,11,14,26H,2-4,9-10H2,1H3,(H,27,28)(H2,21,22,23). The van der Waals surface area contributed by atoms with Crippen molar-refractivity contribution in [2.45, 2.75) is 32.3 Å². The molecular weight excluding hydrogens is 358 g/mol. The van der Waals surface area contributed by atoms with Gasteiger partial charge in [0.05, 0.1) is 6.61 Å². The smallest absolute Gasteiger partial charge is 0.407 e. The van der Waals surface area contributed by atoms with Crippen LogP contribution in [0.25, 0.3) is 16.6 Å². The summed E-state index contributed by atoms with van der Waals surface area (Å²) in [5.41, 5.74) is 11.6. The maximum atomic E-state index is 11.3. The Morgan fingerprint density at radius 2 is 2.07 bits per heavy atom. The van der Waals surface area contributed by atoms with Gasteiger partial charge in [0.1, 0.15) is 11.8 Å². The van der Waals surface area contributed by atoms with Crippen LogP contribution in [0.5, 0.6) is 0 Å². The second kappa shape index (κ2) is 7.12. The van der Waals surface area contributed by atoms with Crippen molar-refractivity contribution >= 4 is 17.4 Å². The lowest BCUT2D eigenvalue weighted by atomic mass is 9.98. The lowest BCUT2D eigenvalue weighted by molar-refractivity contribution is 0.155. The molecule has 4 N–H and O–H groups in total. The van der Waals surface area contributed by atoms with E-state index in [-0.39, 0.29) is 12.5 Å². The Labute approximate surface area is 162 Å². The normalized spacial score (nSPS) is 16.8. The van der Waals surface area contributed by atoms with Gasteiger partial charge in [0.2, 0.25) is 0 Å². The Hall–Kier alpha value is -3.13. The predicted molar refractivity (Wildman–Crippen MR) is 105 cm³/mol. The number of nitrogens with two attached hydrogens (primary N) is 1. The molecule has 1 aliphatic heterocycles. The predicted octanol–water partition coefficient (Wildman–Crippen LogP) is 2.50. The minimum absolute atomic E-state index is 0.0400. The quantitative estimate of drug-likeness (QED) is 0.639. The molecule has 1 atom stereocenters. The number of fused-ring (bicyclic) bond motifs is 1. The zero-order valence-corrected chi connectivity index (χ0v) is 15.7. The van der Waals surface area contributed by atoms with Gasteiger partial charge in [0, 0.05) is 30.3 Å². The fourth-order valence-electron chi connectivity index (χ4n) is 3.99. The van der Waals surface area contributed by atoms with E-state index in [2.05, 4.69) is 23.1 Å². The molecule has 0 radical (unpaired) electrons. The fourth-order valence-corrected chi connectivity index (χ4v) is 3.99. The molecule has 0 spiro atoms. The van der Waals surface area contributed by atoms with Crippen molar-refractivity contribution in [3.8, 4) is 11.1 Å². The molecule has 8 nitrogen and oxygen atoms in total. The van der Waals surface area contributed by atoms with Crippen molar-refractivity contribution in [1.82, 2.24) is 19.5 Å². The molecule has 3 aromatic rings. The molecule has 4 rings (SSSR count). The number of anilines is 1. The third-order valence-electron chi connectivity index (χ3n) is 5.44. The molecule has 1 unspecified atom stereocenters. The van der Waals surface area contributed by atoms with Crippen molar-refractivity contribution < 1.29 is 15.0 Å². The topological polar surface area (TPSA) is 117 Å². The highest BCUT2D eigenvalue weighted by molar-refractivity contribution is 5.88. The minimum atomic E-state index is -0.902. The summed E-state index contributed by atoms with van der Waals surface area (Å²) in [5.74, 6) is 0.412. The van der Waals surface area contributed by atoms with Gasteiger partial charge in [-0.15, -0.1) is 0 Å². The number of carboxylic acid groups (broad SMARTS) is 1. The average Bonchev–Trinajstić information content (AvgIpc) is 3.33. The SMILES string of the molecule is CCc1cc(CO)cc(-c2cc(C3CCN(C(=O)O)C3)n3ncnc(N)c23)c1. The van der Waals surface area contributed by atoms with Crippen LogP contribution in [0.4, 0.5) is 10.6 Å². The number of hydrogen-bond donors (Lipinski definition) is 3. The van der Waals surface area contributed by atoms with Gasteiger partial charge in [-0.3, -0.25) is 0 Å². The number of aromatic nitrogens is 3. The number of aliphatic hydroxyl groups excluding tert-OH is 1. The first-order valence-corrected chi connectivity index (χ1v) is 9.35. The summed E-state index contributed by atoms with van der Waals surface area (Å²) >= 11 is 0. The molecule has 28 heavy (non-hydrogen) atoms. The molecule has 3 heterocycles. The first-order valence-electron chi connectivity index (χ1n) is 9.35. The van der Waals surface area contributed by atoms with Gasteiger partial charge in [-0.1, -0.05) is 19.1 Å². The van der Waals surface area contributed by atoms with Crippen LogP contribution < -0.4 is 5.73 Å². The number of likely N-dealkylation sites (tertiary alicyclic amines) is 1. The van der Waals surface area contributed by atoms with Gasteiger partial charge >= 0.3 is 6.09 Å². The Morgan fingerprint density at radius 3 is 2.75 bits per heavy atom. The highest BCUT2D eigenvalue weighted by atomic mass is 16.4. The number of aryl methyl sites for hydroxylation is 1. The molecule has 1 aliphatic rings. The first-order chi connectivity index (χ1) is 13.5. The van der Waals surface area contributed by atoms with Crippen LogP contribution in [0.3, 0.4) is 0 Å². The molecule has 146 valence electrons. The van der Waals surface area contributed by atoms with E-state index < -0.39 is 6.09 Å². The van der Waals surface area contributed by atoms with E-state index in [1.165, 1.54) is 11.2 Å². The number of nitrogens with zero attached hydrogens (tertiary/aromatic N) is 4. The second-order valence-electron chi connectivity index (χ2n) is 7.15. The van der Waals surface area contributed by atoms with Gasteiger partial charge in [-0.2, -0.15) is 5.10 Å². The number of amides is 1. The molecule has 8 heteroatoms. The summed E-state index contributed by atoms with van der Waals surface area (Å²) < 4.78 is 1.78. The number of nitrogen functional groups attached to an aromatic ring is 1. The summed E-state index contributed by atoms with van der Waals surface area (Å²) in [6.07, 6.45) is 2.10. The fraction of sp³-hybridized carbons (Fsp3) is 0.350. The van der Waals surface area contributed by atoms with E-state index in [0.29, 0.717) is 24.4 Å². The minimum Gasteiger partial charge on any atom is -0.465 e.